The smallest absolute Gasteiger partial charge is 0.307 e. The van der Waals surface area contributed by atoms with Crippen molar-refractivity contribution in [2.45, 2.75) is 57.4 Å². The van der Waals surface area contributed by atoms with Gasteiger partial charge in [0.25, 0.3) is 0 Å². The highest BCUT2D eigenvalue weighted by atomic mass is 16.4. The maximum Gasteiger partial charge on any atom is 0.307 e. The maximum atomic E-state index is 11.3. The fourth-order valence-corrected chi connectivity index (χ4v) is 3.35. The Labute approximate surface area is 106 Å². The summed E-state index contributed by atoms with van der Waals surface area (Å²) in [5, 5.41) is 17.9. The van der Waals surface area contributed by atoms with Gasteiger partial charge >= 0.3 is 5.97 Å². The molecule has 98 valence electrons. The van der Waals surface area contributed by atoms with Crippen molar-refractivity contribution in [2.75, 3.05) is 0 Å². The van der Waals surface area contributed by atoms with E-state index in [1.54, 1.807) is 0 Å². The summed E-state index contributed by atoms with van der Waals surface area (Å²) >= 11 is 0. The van der Waals surface area contributed by atoms with E-state index in [9.17, 15) is 9.90 Å². The topological polar surface area (TPSA) is 68.0 Å². The third kappa shape index (κ3) is 1.91. The quantitative estimate of drug-likeness (QED) is 0.870. The molecule has 0 radical (unpaired) electrons. The SMILES string of the molecule is O=C(O)C1CCCC1c1nnc2n1CCCCC2. The van der Waals surface area contributed by atoms with Gasteiger partial charge in [0.05, 0.1) is 5.92 Å². The van der Waals surface area contributed by atoms with Crippen LogP contribution in [0.25, 0.3) is 0 Å². The molecule has 1 aromatic rings. The summed E-state index contributed by atoms with van der Waals surface area (Å²) in [7, 11) is 0. The van der Waals surface area contributed by atoms with E-state index in [1.165, 1.54) is 12.8 Å². The van der Waals surface area contributed by atoms with Crippen LogP contribution in [-0.4, -0.2) is 25.8 Å². The molecule has 1 fully saturated rings. The summed E-state index contributed by atoms with van der Waals surface area (Å²) in [6.45, 7) is 0.959. The number of carboxylic acids is 1. The molecule has 18 heavy (non-hydrogen) atoms. The lowest BCUT2D eigenvalue weighted by molar-refractivity contribution is -0.142. The normalized spacial score (nSPS) is 27.8. The van der Waals surface area contributed by atoms with E-state index in [1.807, 2.05) is 0 Å². The lowest BCUT2D eigenvalue weighted by atomic mass is 9.95. The molecule has 0 aromatic carbocycles. The Kier molecular flexibility index (Phi) is 3.06. The van der Waals surface area contributed by atoms with E-state index < -0.39 is 5.97 Å². The second-order valence-electron chi connectivity index (χ2n) is 5.42. The van der Waals surface area contributed by atoms with E-state index in [0.29, 0.717) is 0 Å². The van der Waals surface area contributed by atoms with Crippen LogP contribution in [0, 0.1) is 5.92 Å². The molecule has 0 bridgehead atoms. The Bertz CT molecular complexity index is 455. The van der Waals surface area contributed by atoms with E-state index in [-0.39, 0.29) is 11.8 Å². The van der Waals surface area contributed by atoms with E-state index in [0.717, 1.165) is 50.3 Å². The molecule has 0 amide bonds. The number of aryl methyl sites for hydroxylation is 1. The summed E-state index contributed by atoms with van der Waals surface area (Å²) < 4.78 is 2.19. The zero-order chi connectivity index (χ0) is 12.5. The van der Waals surface area contributed by atoms with Crippen molar-refractivity contribution < 1.29 is 9.90 Å². The zero-order valence-corrected chi connectivity index (χ0v) is 10.5. The van der Waals surface area contributed by atoms with Crippen molar-refractivity contribution in [3.05, 3.63) is 11.6 Å². The molecule has 1 N–H and O–H groups in total. The summed E-state index contributed by atoms with van der Waals surface area (Å²) in [6, 6.07) is 0. The number of carboxylic acid groups (broad SMARTS) is 1. The lowest BCUT2D eigenvalue weighted by Crippen LogP contribution is -2.20. The maximum absolute atomic E-state index is 11.3. The highest BCUT2D eigenvalue weighted by Gasteiger charge is 2.37. The van der Waals surface area contributed by atoms with Gasteiger partial charge in [0, 0.05) is 18.9 Å². The number of aromatic nitrogens is 3. The minimum Gasteiger partial charge on any atom is -0.481 e. The lowest BCUT2D eigenvalue weighted by Gasteiger charge is -2.16. The van der Waals surface area contributed by atoms with Crippen LogP contribution in [0.2, 0.25) is 0 Å². The number of carbonyl (C=O) groups is 1. The average molecular weight is 249 g/mol. The minimum absolute atomic E-state index is 0.0712. The Morgan fingerprint density at radius 2 is 2.06 bits per heavy atom. The van der Waals surface area contributed by atoms with Crippen molar-refractivity contribution >= 4 is 5.97 Å². The molecule has 1 aromatic heterocycles. The minimum atomic E-state index is -0.677. The van der Waals surface area contributed by atoms with Crippen molar-refractivity contribution in [1.82, 2.24) is 14.8 Å². The Balaban J connectivity index is 1.92. The highest BCUT2D eigenvalue weighted by molar-refractivity contribution is 5.71. The van der Waals surface area contributed by atoms with Crippen molar-refractivity contribution in [2.24, 2.45) is 5.92 Å². The first kappa shape index (κ1) is 11.7. The number of fused-ring (bicyclic) bond motifs is 1. The molecule has 1 saturated carbocycles. The highest BCUT2D eigenvalue weighted by Crippen LogP contribution is 2.39. The van der Waals surface area contributed by atoms with Crippen LogP contribution >= 0.6 is 0 Å². The van der Waals surface area contributed by atoms with Crippen LogP contribution in [0.5, 0.6) is 0 Å². The molecular weight excluding hydrogens is 230 g/mol. The van der Waals surface area contributed by atoms with Crippen LogP contribution in [0.15, 0.2) is 0 Å². The summed E-state index contributed by atoms with van der Waals surface area (Å²) in [4.78, 5) is 11.3. The van der Waals surface area contributed by atoms with E-state index in [2.05, 4.69) is 14.8 Å². The zero-order valence-electron chi connectivity index (χ0n) is 10.5. The van der Waals surface area contributed by atoms with Crippen molar-refractivity contribution in [3.8, 4) is 0 Å². The predicted octanol–water partition coefficient (Wildman–Crippen LogP) is 1.97. The van der Waals surface area contributed by atoms with Crippen LogP contribution in [-0.2, 0) is 17.8 Å². The fourth-order valence-electron chi connectivity index (χ4n) is 3.35. The van der Waals surface area contributed by atoms with E-state index in [4.69, 9.17) is 0 Å². The Morgan fingerprint density at radius 1 is 1.17 bits per heavy atom. The second kappa shape index (κ2) is 4.71. The molecule has 2 atom stereocenters. The van der Waals surface area contributed by atoms with Gasteiger partial charge in [0.15, 0.2) is 0 Å². The molecule has 1 aliphatic heterocycles. The van der Waals surface area contributed by atoms with Gasteiger partial charge in [0.2, 0.25) is 0 Å². The molecular formula is C13H19N3O2. The fraction of sp³-hybridized carbons (Fsp3) is 0.769. The van der Waals surface area contributed by atoms with Crippen LogP contribution in [0.3, 0.4) is 0 Å². The van der Waals surface area contributed by atoms with E-state index >= 15 is 0 Å². The summed E-state index contributed by atoms with van der Waals surface area (Å²) in [5.74, 6) is 1.11. The van der Waals surface area contributed by atoms with Crippen LogP contribution in [0.1, 0.15) is 56.1 Å². The summed E-state index contributed by atoms with van der Waals surface area (Å²) in [5.41, 5.74) is 0. The first-order valence-electron chi connectivity index (χ1n) is 6.92. The number of hydrogen-bond donors (Lipinski definition) is 1. The van der Waals surface area contributed by atoms with Crippen molar-refractivity contribution in [1.29, 1.82) is 0 Å². The molecule has 1 aliphatic carbocycles. The molecule has 2 unspecified atom stereocenters. The van der Waals surface area contributed by atoms with Gasteiger partial charge in [-0.05, 0) is 25.7 Å². The average Bonchev–Trinajstić information content (AvgIpc) is 2.90. The molecule has 0 saturated heterocycles. The molecule has 5 heteroatoms. The van der Waals surface area contributed by atoms with Crippen molar-refractivity contribution in [3.63, 3.8) is 0 Å². The summed E-state index contributed by atoms with van der Waals surface area (Å²) in [6.07, 6.45) is 7.25. The first-order valence-corrected chi connectivity index (χ1v) is 6.92. The third-order valence-corrected chi connectivity index (χ3v) is 4.30. The van der Waals surface area contributed by atoms with Gasteiger partial charge in [-0.1, -0.05) is 12.8 Å². The number of aliphatic carboxylic acids is 1. The van der Waals surface area contributed by atoms with Gasteiger partial charge in [-0.15, -0.1) is 10.2 Å². The third-order valence-electron chi connectivity index (χ3n) is 4.30. The van der Waals surface area contributed by atoms with Gasteiger partial charge in [0.1, 0.15) is 11.6 Å². The van der Waals surface area contributed by atoms with Gasteiger partial charge in [-0.3, -0.25) is 4.79 Å². The molecule has 2 heterocycles. The number of hydrogen-bond acceptors (Lipinski definition) is 3. The Hall–Kier alpha value is -1.39. The monoisotopic (exact) mass is 249 g/mol. The molecule has 2 aliphatic rings. The van der Waals surface area contributed by atoms with Gasteiger partial charge < -0.3 is 9.67 Å². The van der Waals surface area contributed by atoms with Gasteiger partial charge in [-0.25, -0.2) is 0 Å². The number of rotatable bonds is 2. The second-order valence-corrected chi connectivity index (χ2v) is 5.42. The number of nitrogens with zero attached hydrogens (tertiary/aromatic N) is 3. The molecule has 0 spiro atoms. The predicted molar refractivity (Wildman–Crippen MR) is 65.3 cm³/mol. The van der Waals surface area contributed by atoms with Crippen LogP contribution in [0.4, 0.5) is 0 Å². The van der Waals surface area contributed by atoms with Crippen LogP contribution < -0.4 is 0 Å². The molecule has 5 nitrogen and oxygen atoms in total. The largest absolute Gasteiger partial charge is 0.481 e. The standard InChI is InChI=1S/C13H19N3O2/c17-13(18)10-6-4-5-9(10)12-15-14-11-7-2-1-3-8-16(11)12/h9-10H,1-8H2,(H,17,18). The van der Waals surface area contributed by atoms with Gasteiger partial charge in [-0.2, -0.15) is 0 Å². The Morgan fingerprint density at radius 3 is 2.89 bits per heavy atom. The molecule has 3 rings (SSSR count). The first-order chi connectivity index (χ1) is 8.77.